The summed E-state index contributed by atoms with van der Waals surface area (Å²) in [5.41, 5.74) is 2.19. The molecule has 3 heterocycles. The van der Waals surface area contributed by atoms with E-state index in [1.807, 2.05) is 25.1 Å². The molecule has 0 saturated carbocycles. The van der Waals surface area contributed by atoms with Crippen molar-refractivity contribution in [1.82, 2.24) is 9.88 Å². The number of aryl methyl sites for hydroxylation is 1. The molecule has 0 radical (unpaired) electrons. The van der Waals surface area contributed by atoms with Crippen molar-refractivity contribution in [3.05, 3.63) is 65.5 Å². The number of carbonyl (C=O) groups is 3. The number of amides is 1. The summed E-state index contributed by atoms with van der Waals surface area (Å²) in [6.45, 7) is 6.68. The number of nitrogens with one attached hydrogen (secondary N) is 1. The van der Waals surface area contributed by atoms with Gasteiger partial charge in [0, 0.05) is 30.9 Å². The second kappa shape index (κ2) is 9.49. The van der Waals surface area contributed by atoms with Gasteiger partial charge in [-0.3, -0.25) is 19.4 Å². The summed E-state index contributed by atoms with van der Waals surface area (Å²) in [4.78, 5) is 46.5. The number of rotatable bonds is 7. The van der Waals surface area contributed by atoms with Crippen LogP contribution in [0, 0.1) is 12.8 Å². The number of morpholine rings is 1. The fourth-order valence-corrected chi connectivity index (χ4v) is 4.46. The summed E-state index contributed by atoms with van der Waals surface area (Å²) in [7, 11) is 0. The van der Waals surface area contributed by atoms with Crippen molar-refractivity contribution in [2.75, 3.05) is 39.4 Å². The van der Waals surface area contributed by atoms with Gasteiger partial charge in [-0.2, -0.15) is 0 Å². The van der Waals surface area contributed by atoms with Crippen LogP contribution in [0.2, 0.25) is 0 Å². The molecule has 2 aromatic rings. The molecule has 31 heavy (non-hydrogen) atoms. The van der Waals surface area contributed by atoms with Crippen LogP contribution in [0.15, 0.2) is 48.8 Å². The first kappa shape index (κ1) is 21.3. The van der Waals surface area contributed by atoms with Gasteiger partial charge >= 0.3 is 0 Å². The number of likely N-dealkylation sites (tertiary alicyclic amines) is 1. The van der Waals surface area contributed by atoms with E-state index in [-0.39, 0.29) is 5.78 Å². The maximum Gasteiger partial charge on any atom is 0.291 e. The van der Waals surface area contributed by atoms with E-state index in [0.717, 1.165) is 44.8 Å². The van der Waals surface area contributed by atoms with Crippen molar-refractivity contribution in [1.29, 1.82) is 0 Å². The molecule has 7 nitrogen and oxygen atoms in total. The Morgan fingerprint density at radius 2 is 1.90 bits per heavy atom. The number of hydrogen-bond acceptors (Lipinski definition) is 5. The maximum absolute atomic E-state index is 13.3. The molecule has 2 unspecified atom stereocenters. The number of carbonyl (C=O) groups excluding carboxylic acids is 3. The van der Waals surface area contributed by atoms with Gasteiger partial charge in [0.1, 0.15) is 19.0 Å². The van der Waals surface area contributed by atoms with Crippen LogP contribution < -0.4 is 4.90 Å². The Morgan fingerprint density at radius 1 is 1.16 bits per heavy atom. The van der Waals surface area contributed by atoms with E-state index in [9.17, 15) is 14.4 Å². The summed E-state index contributed by atoms with van der Waals surface area (Å²) in [6.07, 6.45) is 4.05. The Bertz CT molecular complexity index is 939. The van der Waals surface area contributed by atoms with Crippen LogP contribution in [0.25, 0.3) is 0 Å². The van der Waals surface area contributed by atoms with E-state index in [0.29, 0.717) is 17.7 Å². The molecule has 4 rings (SSSR count). The van der Waals surface area contributed by atoms with Crippen molar-refractivity contribution in [3.8, 4) is 0 Å². The molecule has 7 heteroatoms. The first-order valence-electron chi connectivity index (χ1n) is 10.8. The number of Topliss-reactive ketones (excluding diaryl/α,β-unsaturated/α-hetero) is 2. The Morgan fingerprint density at radius 3 is 2.58 bits per heavy atom. The number of benzene rings is 1. The van der Waals surface area contributed by atoms with Crippen molar-refractivity contribution in [2.45, 2.75) is 19.4 Å². The van der Waals surface area contributed by atoms with Gasteiger partial charge in [-0.25, -0.2) is 0 Å². The van der Waals surface area contributed by atoms with Crippen molar-refractivity contribution in [3.63, 3.8) is 0 Å². The highest BCUT2D eigenvalue weighted by Crippen LogP contribution is 2.37. The first-order valence-corrected chi connectivity index (χ1v) is 10.8. The van der Waals surface area contributed by atoms with Crippen molar-refractivity contribution >= 4 is 17.5 Å². The minimum absolute atomic E-state index is 0.312. The fourth-order valence-electron chi connectivity index (χ4n) is 4.46. The normalized spacial score (nSPS) is 22.2. The largest absolute Gasteiger partial charge is 0.370 e. The summed E-state index contributed by atoms with van der Waals surface area (Å²) < 4.78 is 5.40. The summed E-state index contributed by atoms with van der Waals surface area (Å²) in [6, 6.07) is 10.1. The van der Waals surface area contributed by atoms with E-state index in [4.69, 9.17) is 4.74 Å². The number of ketones is 2. The number of pyridine rings is 1. The van der Waals surface area contributed by atoms with Gasteiger partial charge in [-0.15, -0.1) is 0 Å². The third-order valence-electron chi connectivity index (χ3n) is 6.18. The van der Waals surface area contributed by atoms with E-state index in [1.165, 1.54) is 4.90 Å². The summed E-state index contributed by atoms with van der Waals surface area (Å²) in [5, 5.41) is 0. The van der Waals surface area contributed by atoms with E-state index in [1.54, 1.807) is 35.5 Å². The quantitative estimate of drug-likeness (QED) is 0.403. The Balaban J connectivity index is 1.58. The van der Waals surface area contributed by atoms with Crippen LogP contribution >= 0.6 is 0 Å². The highest BCUT2D eigenvalue weighted by molar-refractivity contribution is 6.44. The number of nitrogens with zero attached hydrogens (tertiary/aromatic N) is 2. The Labute approximate surface area is 182 Å². The zero-order valence-electron chi connectivity index (χ0n) is 17.8. The molecule has 2 aliphatic rings. The molecule has 1 amide bonds. The zero-order chi connectivity index (χ0) is 21.8. The smallest absolute Gasteiger partial charge is 0.291 e. The Hall–Kier alpha value is -2.90. The SMILES string of the molecule is Cc1ccc(C(=O)C2C(=O)C(=O)N(CCC[NH+]3CCOCC3)C2c2cccnc2)cc1. The van der Waals surface area contributed by atoms with Crippen LogP contribution in [0.1, 0.15) is 33.9 Å². The second-order valence-corrected chi connectivity index (χ2v) is 8.27. The minimum Gasteiger partial charge on any atom is -0.370 e. The molecular weight excluding hydrogens is 394 g/mol. The predicted molar refractivity (Wildman–Crippen MR) is 114 cm³/mol. The number of hydrogen-bond donors (Lipinski definition) is 1. The van der Waals surface area contributed by atoms with Crippen molar-refractivity contribution in [2.24, 2.45) is 5.92 Å². The van der Waals surface area contributed by atoms with E-state index in [2.05, 4.69) is 4.98 Å². The lowest BCUT2D eigenvalue weighted by Gasteiger charge is -2.28. The standard InChI is InChI=1S/C24H27N3O4/c1-17-5-7-18(8-6-17)22(28)20-21(19-4-2-9-25-16-19)27(24(30)23(20)29)11-3-10-26-12-14-31-15-13-26/h2,4-9,16,20-21H,3,10-15H2,1H3/p+1. The van der Waals surface area contributed by atoms with E-state index < -0.39 is 23.7 Å². The highest BCUT2D eigenvalue weighted by Gasteiger charge is 2.51. The first-order chi connectivity index (χ1) is 15.1. The predicted octanol–water partition coefficient (Wildman–Crippen LogP) is 0.647. The monoisotopic (exact) mass is 422 g/mol. The van der Waals surface area contributed by atoms with Crippen LogP contribution in [-0.4, -0.2) is 66.8 Å². The van der Waals surface area contributed by atoms with Gasteiger partial charge in [0.25, 0.3) is 5.91 Å². The van der Waals surface area contributed by atoms with Gasteiger partial charge in [0.15, 0.2) is 5.78 Å². The molecule has 2 fully saturated rings. The average molecular weight is 423 g/mol. The summed E-state index contributed by atoms with van der Waals surface area (Å²) in [5.74, 6) is -2.56. The second-order valence-electron chi connectivity index (χ2n) is 8.27. The molecule has 162 valence electrons. The fraction of sp³-hybridized carbons (Fsp3) is 0.417. The van der Waals surface area contributed by atoms with Crippen LogP contribution in [0.4, 0.5) is 0 Å². The van der Waals surface area contributed by atoms with Crippen LogP contribution in [0.3, 0.4) is 0 Å². The van der Waals surface area contributed by atoms with Gasteiger partial charge in [0.05, 0.1) is 25.8 Å². The highest BCUT2D eigenvalue weighted by atomic mass is 16.5. The molecule has 1 aromatic heterocycles. The third kappa shape index (κ3) is 4.57. The number of quaternary nitrogens is 1. The minimum atomic E-state index is -1.05. The molecule has 0 bridgehead atoms. The molecule has 1 N–H and O–H groups in total. The van der Waals surface area contributed by atoms with E-state index >= 15 is 0 Å². The topological polar surface area (TPSA) is 81.0 Å². The lowest BCUT2D eigenvalue weighted by atomic mass is 9.86. The maximum atomic E-state index is 13.3. The summed E-state index contributed by atoms with van der Waals surface area (Å²) >= 11 is 0. The molecule has 2 atom stereocenters. The molecule has 1 aromatic carbocycles. The lowest BCUT2D eigenvalue weighted by molar-refractivity contribution is -0.908. The molecular formula is C24H28N3O4+. The molecule has 0 spiro atoms. The van der Waals surface area contributed by atoms with Crippen LogP contribution in [-0.2, 0) is 14.3 Å². The Kier molecular flexibility index (Phi) is 6.53. The molecule has 2 saturated heterocycles. The zero-order valence-corrected chi connectivity index (χ0v) is 17.8. The van der Waals surface area contributed by atoms with Gasteiger partial charge in [0.2, 0.25) is 5.78 Å². The number of aromatic nitrogens is 1. The number of ether oxygens (including phenoxy) is 1. The van der Waals surface area contributed by atoms with Crippen molar-refractivity contribution < 1.29 is 24.0 Å². The van der Waals surface area contributed by atoms with Crippen LogP contribution in [0.5, 0.6) is 0 Å². The van der Waals surface area contributed by atoms with Gasteiger partial charge in [-0.1, -0.05) is 35.9 Å². The van der Waals surface area contributed by atoms with Gasteiger partial charge < -0.3 is 14.5 Å². The molecule has 0 aliphatic carbocycles. The molecule has 2 aliphatic heterocycles. The lowest BCUT2D eigenvalue weighted by Crippen LogP contribution is -3.14. The van der Waals surface area contributed by atoms with Gasteiger partial charge in [-0.05, 0) is 18.6 Å². The average Bonchev–Trinajstić information content (AvgIpc) is 3.05. The third-order valence-corrected chi connectivity index (χ3v) is 6.18.